The van der Waals surface area contributed by atoms with Gasteiger partial charge in [0.25, 0.3) is 0 Å². The maximum Gasteiger partial charge on any atom is 0.410 e. The molecule has 2 rings (SSSR count). The first-order chi connectivity index (χ1) is 11.3. The van der Waals surface area contributed by atoms with Gasteiger partial charge in [-0.3, -0.25) is 9.78 Å². The van der Waals surface area contributed by atoms with Gasteiger partial charge in [0.2, 0.25) is 0 Å². The number of carbonyl (C=O) groups is 2. The van der Waals surface area contributed by atoms with Gasteiger partial charge < -0.3 is 14.7 Å². The lowest BCUT2D eigenvalue weighted by atomic mass is 10.2. The third kappa shape index (κ3) is 5.17. The van der Waals surface area contributed by atoms with Crippen LogP contribution >= 0.6 is 0 Å². The highest BCUT2D eigenvalue weighted by molar-refractivity contribution is 5.74. The first-order valence-electron chi connectivity index (χ1n) is 7.89. The molecule has 8 nitrogen and oxygen atoms in total. The lowest BCUT2D eigenvalue weighted by molar-refractivity contribution is -0.141. The van der Waals surface area contributed by atoms with Crippen LogP contribution in [0.1, 0.15) is 32.5 Å². The quantitative estimate of drug-likeness (QED) is 0.855. The molecular formula is C16H24N4O4. The van der Waals surface area contributed by atoms with Crippen LogP contribution < -0.4 is 5.43 Å². The van der Waals surface area contributed by atoms with Crippen LogP contribution in [-0.4, -0.2) is 63.8 Å². The van der Waals surface area contributed by atoms with Crippen LogP contribution in [0.15, 0.2) is 24.4 Å². The van der Waals surface area contributed by atoms with E-state index in [4.69, 9.17) is 4.74 Å². The van der Waals surface area contributed by atoms with Gasteiger partial charge in [0.05, 0.1) is 5.69 Å². The fraction of sp³-hybridized carbons (Fsp3) is 0.562. The summed E-state index contributed by atoms with van der Waals surface area (Å²) in [7, 11) is 0. The molecule has 2 N–H and O–H groups in total. The summed E-state index contributed by atoms with van der Waals surface area (Å²) >= 11 is 0. The van der Waals surface area contributed by atoms with E-state index in [1.54, 1.807) is 34.3 Å². The maximum absolute atomic E-state index is 12.0. The van der Waals surface area contributed by atoms with Crippen LogP contribution in [0.4, 0.5) is 4.79 Å². The van der Waals surface area contributed by atoms with E-state index in [-0.39, 0.29) is 6.09 Å². The van der Waals surface area contributed by atoms with Crippen molar-refractivity contribution in [1.29, 1.82) is 0 Å². The SMILES string of the molecule is CC(C)(C)OC(=O)N1CCN(NC(C(=O)O)c2ccccn2)CC1. The molecule has 1 unspecified atom stereocenters. The number of ether oxygens (including phenoxy) is 1. The van der Waals surface area contributed by atoms with Gasteiger partial charge in [0.15, 0.2) is 6.04 Å². The van der Waals surface area contributed by atoms with E-state index in [1.165, 1.54) is 0 Å². The summed E-state index contributed by atoms with van der Waals surface area (Å²) in [4.78, 5) is 29.2. The van der Waals surface area contributed by atoms with E-state index in [2.05, 4.69) is 10.4 Å². The minimum Gasteiger partial charge on any atom is -0.480 e. The zero-order valence-electron chi connectivity index (χ0n) is 14.2. The van der Waals surface area contributed by atoms with Gasteiger partial charge in [-0.25, -0.2) is 15.2 Å². The number of hydrogen-bond acceptors (Lipinski definition) is 6. The molecule has 0 radical (unpaired) electrons. The Balaban J connectivity index is 1.90. The molecule has 1 aromatic heterocycles. The number of pyridine rings is 1. The molecule has 2 heterocycles. The van der Waals surface area contributed by atoms with Crippen molar-refractivity contribution < 1.29 is 19.4 Å². The zero-order chi connectivity index (χ0) is 17.7. The maximum atomic E-state index is 12.0. The lowest BCUT2D eigenvalue weighted by Crippen LogP contribution is -2.55. The minimum atomic E-state index is -0.997. The molecule has 1 saturated heterocycles. The highest BCUT2D eigenvalue weighted by Gasteiger charge is 2.29. The molecule has 1 aliphatic heterocycles. The number of aliphatic carboxylic acids is 1. The van der Waals surface area contributed by atoms with Crippen molar-refractivity contribution in [3.8, 4) is 0 Å². The second-order valence-electron chi connectivity index (χ2n) is 6.61. The molecule has 0 spiro atoms. The van der Waals surface area contributed by atoms with Crippen molar-refractivity contribution >= 4 is 12.1 Å². The number of rotatable bonds is 4. The molecule has 1 atom stereocenters. The number of carboxylic acid groups (broad SMARTS) is 1. The molecule has 24 heavy (non-hydrogen) atoms. The average molecular weight is 336 g/mol. The fourth-order valence-corrected chi connectivity index (χ4v) is 2.32. The number of carbonyl (C=O) groups excluding carboxylic acids is 1. The van der Waals surface area contributed by atoms with E-state index in [0.29, 0.717) is 31.9 Å². The molecule has 1 amide bonds. The van der Waals surface area contributed by atoms with Crippen molar-refractivity contribution in [2.45, 2.75) is 32.4 Å². The Labute approximate surface area is 141 Å². The van der Waals surface area contributed by atoms with Gasteiger partial charge in [-0.05, 0) is 32.9 Å². The molecule has 0 aromatic carbocycles. The molecule has 1 aromatic rings. The molecule has 0 saturated carbocycles. The summed E-state index contributed by atoms with van der Waals surface area (Å²) in [5, 5.41) is 11.2. The molecule has 1 aliphatic rings. The molecule has 132 valence electrons. The van der Waals surface area contributed by atoms with Crippen molar-refractivity contribution in [2.24, 2.45) is 0 Å². The topological polar surface area (TPSA) is 95.0 Å². The number of hydrogen-bond donors (Lipinski definition) is 2. The predicted molar refractivity (Wildman–Crippen MR) is 87.1 cm³/mol. The Kier molecular flexibility index (Phi) is 5.74. The number of amides is 1. The minimum absolute atomic E-state index is 0.346. The van der Waals surface area contributed by atoms with Gasteiger partial charge in [-0.15, -0.1) is 0 Å². The highest BCUT2D eigenvalue weighted by Crippen LogP contribution is 2.14. The average Bonchev–Trinajstić information content (AvgIpc) is 2.52. The van der Waals surface area contributed by atoms with E-state index in [9.17, 15) is 14.7 Å². The van der Waals surface area contributed by atoms with Gasteiger partial charge in [0, 0.05) is 32.4 Å². The third-order valence-corrected chi connectivity index (χ3v) is 3.47. The zero-order valence-corrected chi connectivity index (χ0v) is 14.2. The number of hydrazine groups is 1. The van der Waals surface area contributed by atoms with E-state index < -0.39 is 17.6 Å². The van der Waals surface area contributed by atoms with E-state index in [1.807, 2.05) is 20.8 Å². The number of nitrogens with zero attached hydrogens (tertiary/aromatic N) is 3. The summed E-state index contributed by atoms with van der Waals surface area (Å²) in [6.45, 7) is 7.44. The lowest BCUT2D eigenvalue weighted by Gasteiger charge is -2.36. The van der Waals surface area contributed by atoms with E-state index >= 15 is 0 Å². The van der Waals surface area contributed by atoms with Crippen LogP contribution in [0.5, 0.6) is 0 Å². The van der Waals surface area contributed by atoms with Crippen LogP contribution in [0, 0.1) is 0 Å². The van der Waals surface area contributed by atoms with Crippen molar-refractivity contribution in [3.05, 3.63) is 30.1 Å². The summed E-state index contributed by atoms with van der Waals surface area (Å²) in [6, 6.07) is 4.24. The van der Waals surface area contributed by atoms with Gasteiger partial charge in [0.1, 0.15) is 5.60 Å². The second-order valence-corrected chi connectivity index (χ2v) is 6.61. The highest BCUT2D eigenvalue weighted by atomic mass is 16.6. The van der Waals surface area contributed by atoms with Crippen LogP contribution in [-0.2, 0) is 9.53 Å². The molecule has 1 fully saturated rings. The Morgan fingerprint density at radius 1 is 1.25 bits per heavy atom. The number of aromatic nitrogens is 1. The standard InChI is InChI=1S/C16H24N4O4/c1-16(2,3)24-15(23)19-8-10-20(11-9-19)18-13(14(21)22)12-6-4-5-7-17-12/h4-7,13,18H,8-11H2,1-3H3,(H,21,22). The smallest absolute Gasteiger partial charge is 0.410 e. The Bertz CT molecular complexity index is 565. The Morgan fingerprint density at radius 3 is 2.42 bits per heavy atom. The summed E-state index contributed by atoms with van der Waals surface area (Å²) in [5.41, 5.74) is 2.89. The van der Waals surface area contributed by atoms with Gasteiger partial charge in [-0.2, -0.15) is 0 Å². The first kappa shape index (κ1) is 18.2. The number of carboxylic acids is 1. The fourth-order valence-electron chi connectivity index (χ4n) is 2.32. The molecule has 0 bridgehead atoms. The summed E-state index contributed by atoms with van der Waals surface area (Å²) in [5.74, 6) is -0.997. The summed E-state index contributed by atoms with van der Waals surface area (Å²) < 4.78 is 5.35. The monoisotopic (exact) mass is 336 g/mol. The first-order valence-corrected chi connectivity index (χ1v) is 7.89. The third-order valence-electron chi connectivity index (χ3n) is 3.47. The number of piperazine rings is 1. The van der Waals surface area contributed by atoms with E-state index in [0.717, 1.165) is 0 Å². The van der Waals surface area contributed by atoms with Crippen molar-refractivity contribution in [2.75, 3.05) is 26.2 Å². The molecule has 0 aliphatic carbocycles. The van der Waals surface area contributed by atoms with Crippen LogP contribution in [0.2, 0.25) is 0 Å². The van der Waals surface area contributed by atoms with Gasteiger partial charge in [-0.1, -0.05) is 6.07 Å². The van der Waals surface area contributed by atoms with Crippen LogP contribution in [0.3, 0.4) is 0 Å². The normalized spacial score (nSPS) is 17.4. The van der Waals surface area contributed by atoms with Gasteiger partial charge >= 0.3 is 12.1 Å². The van der Waals surface area contributed by atoms with Crippen LogP contribution in [0.25, 0.3) is 0 Å². The van der Waals surface area contributed by atoms with Crippen molar-refractivity contribution in [1.82, 2.24) is 20.3 Å². The molecule has 8 heteroatoms. The number of nitrogens with one attached hydrogen (secondary N) is 1. The predicted octanol–water partition coefficient (Wildman–Crippen LogP) is 1.26. The Hall–Kier alpha value is -2.19. The Morgan fingerprint density at radius 2 is 1.92 bits per heavy atom. The largest absolute Gasteiger partial charge is 0.480 e. The van der Waals surface area contributed by atoms with Crippen molar-refractivity contribution in [3.63, 3.8) is 0 Å². The second kappa shape index (κ2) is 7.59. The molecular weight excluding hydrogens is 312 g/mol. The summed E-state index contributed by atoms with van der Waals surface area (Å²) in [6.07, 6.45) is 1.22.